The van der Waals surface area contributed by atoms with Crippen LogP contribution in [0.2, 0.25) is 0 Å². The van der Waals surface area contributed by atoms with Crippen molar-refractivity contribution in [3.63, 3.8) is 0 Å². The summed E-state index contributed by atoms with van der Waals surface area (Å²) < 4.78 is 0. The fraction of sp³-hybridized carbons (Fsp3) is 0. The Morgan fingerprint density at radius 2 is 1.56 bits per heavy atom. The molecule has 0 aromatic heterocycles. The predicted octanol–water partition coefficient (Wildman–Crippen LogP) is 1.79. The molecule has 1 heterocycles. The standard InChI is InChI=1S/C13H10N2O/c16-15-12-9-5-4-8-11(12)14-13(15)10-6-2-1-3-7-10/h1-9,15H. The lowest BCUT2D eigenvalue weighted by atomic mass is 10.2. The fourth-order valence-electron chi connectivity index (χ4n) is 1.85. The van der Waals surface area contributed by atoms with Crippen molar-refractivity contribution in [1.82, 2.24) is 0 Å². The number of para-hydroxylation sites is 2. The number of hydrogen-bond donors (Lipinski definition) is 1. The van der Waals surface area contributed by atoms with Crippen molar-refractivity contribution in [2.75, 3.05) is 0 Å². The molecule has 16 heavy (non-hydrogen) atoms. The Kier molecular flexibility index (Phi) is 2.06. The lowest BCUT2D eigenvalue weighted by Gasteiger charge is -2.17. The zero-order chi connectivity index (χ0) is 11.0. The van der Waals surface area contributed by atoms with Gasteiger partial charge in [0.15, 0.2) is 5.69 Å². The largest absolute Gasteiger partial charge is 0.622 e. The van der Waals surface area contributed by atoms with E-state index >= 15 is 0 Å². The third-order valence-corrected chi connectivity index (χ3v) is 2.64. The summed E-state index contributed by atoms with van der Waals surface area (Å²) in [7, 11) is 0. The van der Waals surface area contributed by atoms with Gasteiger partial charge in [-0.3, -0.25) is 5.06 Å². The zero-order valence-electron chi connectivity index (χ0n) is 8.55. The van der Waals surface area contributed by atoms with Crippen molar-refractivity contribution >= 4 is 17.2 Å². The van der Waals surface area contributed by atoms with Crippen LogP contribution in [0.4, 0.5) is 11.4 Å². The number of aliphatic imine (C=N–C) groups is 1. The highest BCUT2D eigenvalue weighted by Gasteiger charge is 2.24. The minimum atomic E-state index is 0.0156. The molecule has 0 saturated carbocycles. The van der Waals surface area contributed by atoms with Crippen molar-refractivity contribution in [3.8, 4) is 0 Å². The molecule has 1 N–H and O–H groups in total. The number of fused-ring (bicyclic) bond motifs is 1. The van der Waals surface area contributed by atoms with Crippen molar-refractivity contribution in [2.24, 2.45) is 4.99 Å². The first-order valence-electron chi connectivity index (χ1n) is 5.14. The van der Waals surface area contributed by atoms with Gasteiger partial charge in [0.05, 0.1) is 5.56 Å². The van der Waals surface area contributed by atoms with Gasteiger partial charge in [-0.15, -0.1) is 0 Å². The van der Waals surface area contributed by atoms with E-state index in [1.807, 2.05) is 54.6 Å². The number of benzene rings is 2. The topological polar surface area (TPSA) is 39.9 Å². The van der Waals surface area contributed by atoms with Gasteiger partial charge in [-0.2, -0.15) is 4.99 Å². The van der Waals surface area contributed by atoms with E-state index in [-0.39, 0.29) is 5.06 Å². The van der Waals surface area contributed by atoms with E-state index in [0.29, 0.717) is 11.5 Å². The molecular formula is C13H10N2O. The van der Waals surface area contributed by atoms with Crippen LogP contribution in [-0.4, -0.2) is 5.84 Å². The molecule has 3 rings (SSSR count). The smallest absolute Gasteiger partial charge is 0.239 e. The van der Waals surface area contributed by atoms with Crippen LogP contribution in [0, 0.1) is 5.21 Å². The lowest BCUT2D eigenvalue weighted by Crippen LogP contribution is -3.04. The number of quaternary nitrogens is 1. The zero-order valence-corrected chi connectivity index (χ0v) is 8.55. The lowest BCUT2D eigenvalue weighted by molar-refractivity contribution is -0.662. The Bertz CT molecular complexity index is 549. The van der Waals surface area contributed by atoms with Gasteiger partial charge in [0, 0.05) is 6.07 Å². The van der Waals surface area contributed by atoms with Crippen molar-refractivity contribution in [3.05, 3.63) is 65.4 Å². The Labute approximate surface area is 93.3 Å². The number of rotatable bonds is 1. The third kappa shape index (κ3) is 1.34. The second kappa shape index (κ2) is 3.56. The van der Waals surface area contributed by atoms with Gasteiger partial charge in [0.25, 0.3) is 0 Å². The molecule has 2 aromatic rings. The highest BCUT2D eigenvalue weighted by Crippen LogP contribution is 2.25. The maximum Gasteiger partial charge on any atom is 0.239 e. The van der Waals surface area contributed by atoms with Crippen molar-refractivity contribution in [2.45, 2.75) is 0 Å². The first kappa shape index (κ1) is 9.27. The molecule has 0 amide bonds. The minimum Gasteiger partial charge on any atom is -0.622 e. The summed E-state index contributed by atoms with van der Waals surface area (Å²) in [6, 6.07) is 17.0. The normalized spacial score (nSPS) is 18.1. The molecule has 1 aliphatic heterocycles. The highest BCUT2D eigenvalue weighted by atomic mass is 16.5. The Balaban J connectivity index is 2.09. The molecule has 0 bridgehead atoms. The number of amidine groups is 1. The Morgan fingerprint density at radius 3 is 2.31 bits per heavy atom. The summed E-state index contributed by atoms with van der Waals surface area (Å²) >= 11 is 0. The number of hydroxylamine groups is 1. The SMILES string of the molecule is [O-][NH+]1C(c2ccccc2)=Nc2ccccc21. The van der Waals surface area contributed by atoms with Crippen LogP contribution in [-0.2, 0) is 0 Å². The molecule has 0 saturated heterocycles. The van der Waals surface area contributed by atoms with E-state index < -0.39 is 0 Å². The average Bonchev–Trinajstić information content (AvgIpc) is 2.69. The van der Waals surface area contributed by atoms with Gasteiger partial charge in [0.2, 0.25) is 5.84 Å². The molecule has 3 nitrogen and oxygen atoms in total. The number of nitrogens with zero attached hydrogens (tertiary/aromatic N) is 1. The molecule has 1 unspecified atom stereocenters. The van der Waals surface area contributed by atoms with Crippen LogP contribution in [0.5, 0.6) is 0 Å². The van der Waals surface area contributed by atoms with Crippen molar-refractivity contribution < 1.29 is 5.06 Å². The van der Waals surface area contributed by atoms with Crippen molar-refractivity contribution in [1.29, 1.82) is 0 Å². The summed E-state index contributed by atoms with van der Waals surface area (Å²) in [5.74, 6) is 0.543. The molecule has 1 atom stereocenters. The summed E-state index contributed by atoms with van der Waals surface area (Å²) in [5, 5.41) is 12.1. The van der Waals surface area contributed by atoms with Crippen LogP contribution >= 0.6 is 0 Å². The number of nitrogens with one attached hydrogen (secondary N) is 1. The minimum absolute atomic E-state index is 0.0156. The molecule has 2 aromatic carbocycles. The van der Waals surface area contributed by atoms with E-state index in [4.69, 9.17) is 0 Å². The molecular weight excluding hydrogens is 200 g/mol. The molecule has 0 fully saturated rings. The van der Waals surface area contributed by atoms with Crippen LogP contribution in [0.15, 0.2) is 59.6 Å². The summed E-state index contributed by atoms with van der Waals surface area (Å²) in [6.45, 7) is 0. The Hall–Kier alpha value is -1.97. The van der Waals surface area contributed by atoms with E-state index in [9.17, 15) is 5.21 Å². The monoisotopic (exact) mass is 210 g/mol. The van der Waals surface area contributed by atoms with E-state index in [1.54, 1.807) is 0 Å². The van der Waals surface area contributed by atoms with Crippen LogP contribution in [0.1, 0.15) is 5.56 Å². The first-order valence-corrected chi connectivity index (χ1v) is 5.14. The maximum atomic E-state index is 12.1. The Morgan fingerprint density at radius 1 is 0.875 bits per heavy atom. The van der Waals surface area contributed by atoms with Crippen LogP contribution < -0.4 is 5.06 Å². The van der Waals surface area contributed by atoms with Gasteiger partial charge in [-0.1, -0.05) is 30.3 Å². The third-order valence-electron chi connectivity index (χ3n) is 2.64. The maximum absolute atomic E-state index is 12.1. The second-order valence-electron chi connectivity index (χ2n) is 3.67. The second-order valence-corrected chi connectivity index (χ2v) is 3.67. The van der Waals surface area contributed by atoms with Gasteiger partial charge in [-0.25, -0.2) is 0 Å². The molecule has 3 heteroatoms. The molecule has 0 spiro atoms. The average molecular weight is 210 g/mol. The van der Waals surface area contributed by atoms with E-state index in [1.165, 1.54) is 0 Å². The molecule has 78 valence electrons. The summed E-state index contributed by atoms with van der Waals surface area (Å²) in [4.78, 5) is 4.37. The van der Waals surface area contributed by atoms with Crippen LogP contribution in [0.3, 0.4) is 0 Å². The van der Waals surface area contributed by atoms with Crippen LogP contribution in [0.25, 0.3) is 0 Å². The van der Waals surface area contributed by atoms with Gasteiger partial charge >= 0.3 is 0 Å². The molecule has 0 radical (unpaired) electrons. The summed E-state index contributed by atoms with van der Waals surface area (Å²) in [5.41, 5.74) is 2.34. The van der Waals surface area contributed by atoms with Gasteiger partial charge < -0.3 is 5.21 Å². The summed E-state index contributed by atoms with van der Waals surface area (Å²) in [6.07, 6.45) is 0. The molecule has 0 aliphatic carbocycles. The van der Waals surface area contributed by atoms with Gasteiger partial charge in [0.1, 0.15) is 5.69 Å². The fourth-order valence-corrected chi connectivity index (χ4v) is 1.85. The number of hydrogen-bond acceptors (Lipinski definition) is 2. The quantitative estimate of drug-likeness (QED) is 0.716. The highest BCUT2D eigenvalue weighted by molar-refractivity contribution is 5.98. The first-order chi connectivity index (χ1) is 7.86. The molecule has 1 aliphatic rings. The van der Waals surface area contributed by atoms with E-state index in [2.05, 4.69) is 4.99 Å². The predicted molar refractivity (Wildman–Crippen MR) is 63.1 cm³/mol. The van der Waals surface area contributed by atoms with Gasteiger partial charge in [-0.05, 0) is 18.2 Å². The van der Waals surface area contributed by atoms with E-state index in [0.717, 1.165) is 11.3 Å².